The molecule has 0 amide bonds. The van der Waals surface area contributed by atoms with Crippen LogP contribution in [0.4, 0.5) is 4.39 Å². The van der Waals surface area contributed by atoms with E-state index in [0.29, 0.717) is 24.7 Å². The maximum Gasteiger partial charge on any atom is 0.124 e. The van der Waals surface area contributed by atoms with Crippen LogP contribution >= 0.6 is 11.6 Å². The summed E-state index contributed by atoms with van der Waals surface area (Å²) in [5.74, 6) is -0.375. The molecule has 7 heteroatoms. The Balaban J connectivity index is 1.87. The Morgan fingerprint density at radius 2 is 1.96 bits per heavy atom. The van der Waals surface area contributed by atoms with Crippen molar-refractivity contribution in [2.75, 3.05) is 6.54 Å². The van der Waals surface area contributed by atoms with Gasteiger partial charge >= 0.3 is 0 Å². The number of rotatable bonds is 7. The highest BCUT2D eigenvalue weighted by atomic mass is 35.5. The minimum atomic E-state index is -0.441. The zero-order chi connectivity index (χ0) is 18.5. The third-order valence-corrected chi connectivity index (χ3v) is 4.18. The third kappa shape index (κ3) is 4.66. The van der Waals surface area contributed by atoms with E-state index in [1.54, 1.807) is 17.8 Å². The molecule has 0 radical (unpaired) electrons. The third-order valence-electron chi connectivity index (χ3n) is 3.83. The van der Waals surface area contributed by atoms with Crippen LogP contribution in [0.2, 0.25) is 5.02 Å². The fourth-order valence-electron chi connectivity index (χ4n) is 2.59. The van der Waals surface area contributed by atoms with Crippen molar-refractivity contribution in [3.8, 4) is 11.3 Å². The van der Waals surface area contributed by atoms with Crippen LogP contribution in [0.5, 0.6) is 0 Å². The van der Waals surface area contributed by atoms with Crippen molar-refractivity contribution in [3.05, 3.63) is 70.6 Å². The number of aliphatic hydroxyl groups is 1. The zero-order valence-corrected chi connectivity index (χ0v) is 15.1. The number of halogens is 2. The summed E-state index contributed by atoms with van der Waals surface area (Å²) < 4.78 is 13.2. The standard InChI is InChI=1S/C19H20ClFN4O/c1-13(26)10-22-11-18-19(14-5-3-2-4-6-14)24-25(23-18)12-15-7-8-16(21)9-17(15)20/h2-9,13,22,26H,10-12H2,1H3/t13-/m1/s1. The van der Waals surface area contributed by atoms with Gasteiger partial charge in [0.05, 0.1) is 12.6 Å². The Bertz CT molecular complexity index is 867. The number of hydrogen-bond acceptors (Lipinski definition) is 4. The molecule has 136 valence electrons. The largest absolute Gasteiger partial charge is 0.392 e. The molecule has 0 aliphatic rings. The summed E-state index contributed by atoms with van der Waals surface area (Å²) in [6.45, 7) is 3.00. The second kappa shape index (κ2) is 8.40. The number of aliphatic hydroxyl groups excluding tert-OH is 1. The lowest BCUT2D eigenvalue weighted by Gasteiger charge is -2.06. The smallest absolute Gasteiger partial charge is 0.124 e. The van der Waals surface area contributed by atoms with Gasteiger partial charge < -0.3 is 10.4 Å². The summed E-state index contributed by atoms with van der Waals surface area (Å²) in [6.07, 6.45) is -0.441. The highest BCUT2D eigenvalue weighted by Gasteiger charge is 2.14. The highest BCUT2D eigenvalue weighted by molar-refractivity contribution is 6.31. The molecule has 0 fully saturated rings. The number of nitrogens with zero attached hydrogens (tertiary/aromatic N) is 3. The molecule has 0 unspecified atom stereocenters. The van der Waals surface area contributed by atoms with E-state index in [0.717, 1.165) is 22.5 Å². The quantitative estimate of drug-likeness (QED) is 0.666. The van der Waals surface area contributed by atoms with Gasteiger partial charge in [0.2, 0.25) is 0 Å². The summed E-state index contributed by atoms with van der Waals surface area (Å²) in [5.41, 5.74) is 3.24. The Morgan fingerprint density at radius 1 is 1.19 bits per heavy atom. The predicted molar refractivity (Wildman–Crippen MR) is 99.4 cm³/mol. The second-order valence-electron chi connectivity index (χ2n) is 6.11. The van der Waals surface area contributed by atoms with Gasteiger partial charge in [0, 0.05) is 23.7 Å². The van der Waals surface area contributed by atoms with E-state index >= 15 is 0 Å². The average molecular weight is 375 g/mol. The van der Waals surface area contributed by atoms with Gasteiger partial charge in [-0.15, -0.1) is 0 Å². The van der Waals surface area contributed by atoms with Crippen molar-refractivity contribution < 1.29 is 9.50 Å². The molecule has 0 aliphatic carbocycles. The van der Waals surface area contributed by atoms with E-state index in [2.05, 4.69) is 15.5 Å². The first kappa shape index (κ1) is 18.5. The van der Waals surface area contributed by atoms with Crippen LogP contribution in [0.3, 0.4) is 0 Å². The summed E-state index contributed by atoms with van der Waals surface area (Å²) >= 11 is 6.11. The van der Waals surface area contributed by atoms with Gasteiger partial charge in [-0.25, -0.2) is 4.39 Å². The molecule has 0 bridgehead atoms. The molecular weight excluding hydrogens is 355 g/mol. The Labute approximate surface area is 156 Å². The maximum absolute atomic E-state index is 13.2. The molecule has 3 aromatic rings. The summed E-state index contributed by atoms with van der Waals surface area (Å²) in [4.78, 5) is 1.56. The van der Waals surface area contributed by atoms with Gasteiger partial charge in [0.25, 0.3) is 0 Å². The molecule has 2 N–H and O–H groups in total. The summed E-state index contributed by atoms with van der Waals surface area (Å²) in [7, 11) is 0. The van der Waals surface area contributed by atoms with Crippen LogP contribution in [0.15, 0.2) is 48.5 Å². The van der Waals surface area contributed by atoms with Crippen LogP contribution in [0, 0.1) is 5.82 Å². The van der Waals surface area contributed by atoms with Gasteiger partial charge in [0.15, 0.2) is 0 Å². The molecular formula is C19H20ClFN4O. The minimum absolute atomic E-state index is 0.343. The van der Waals surface area contributed by atoms with Gasteiger partial charge in [-0.3, -0.25) is 0 Å². The van der Waals surface area contributed by atoms with E-state index in [1.807, 2.05) is 30.3 Å². The molecule has 26 heavy (non-hydrogen) atoms. The van der Waals surface area contributed by atoms with Crippen molar-refractivity contribution >= 4 is 11.6 Å². The molecule has 3 rings (SSSR count). The van der Waals surface area contributed by atoms with E-state index in [1.165, 1.54) is 12.1 Å². The van der Waals surface area contributed by atoms with Gasteiger partial charge in [-0.1, -0.05) is 48.0 Å². The van der Waals surface area contributed by atoms with Crippen LogP contribution in [-0.4, -0.2) is 32.7 Å². The first-order valence-corrected chi connectivity index (χ1v) is 8.73. The van der Waals surface area contributed by atoms with E-state index in [9.17, 15) is 9.50 Å². The molecule has 0 saturated heterocycles. The number of hydrogen-bond donors (Lipinski definition) is 2. The Kier molecular flexibility index (Phi) is 5.98. The Hall–Kier alpha value is -2.28. The number of nitrogens with one attached hydrogen (secondary N) is 1. The maximum atomic E-state index is 13.2. The van der Waals surface area contributed by atoms with Crippen LogP contribution in [-0.2, 0) is 13.1 Å². The summed E-state index contributed by atoms with van der Waals surface area (Å²) in [6, 6.07) is 14.1. The lowest BCUT2D eigenvalue weighted by molar-refractivity contribution is 0.191. The monoisotopic (exact) mass is 374 g/mol. The normalized spacial score (nSPS) is 12.3. The second-order valence-corrected chi connectivity index (χ2v) is 6.51. The first-order valence-electron chi connectivity index (χ1n) is 8.35. The highest BCUT2D eigenvalue weighted by Crippen LogP contribution is 2.22. The SMILES string of the molecule is C[C@@H](O)CNCc1nn(Cc2ccc(F)cc2Cl)nc1-c1ccccc1. The van der Waals surface area contributed by atoms with Gasteiger partial charge in [-0.05, 0) is 24.6 Å². The molecule has 1 atom stereocenters. The summed E-state index contributed by atoms with van der Waals surface area (Å²) in [5, 5.41) is 22.1. The lowest BCUT2D eigenvalue weighted by atomic mass is 10.1. The van der Waals surface area contributed by atoms with Crippen molar-refractivity contribution in [1.82, 2.24) is 20.3 Å². The fraction of sp³-hybridized carbons (Fsp3) is 0.263. The molecule has 0 spiro atoms. The molecule has 5 nitrogen and oxygen atoms in total. The topological polar surface area (TPSA) is 63.0 Å². The zero-order valence-electron chi connectivity index (χ0n) is 14.4. The average Bonchev–Trinajstić information content (AvgIpc) is 3.01. The molecule has 0 aliphatic heterocycles. The van der Waals surface area contributed by atoms with Crippen molar-refractivity contribution in [3.63, 3.8) is 0 Å². The Morgan fingerprint density at radius 3 is 2.65 bits per heavy atom. The lowest BCUT2D eigenvalue weighted by Crippen LogP contribution is -2.24. The predicted octanol–water partition coefficient (Wildman–Crippen LogP) is 3.26. The molecule has 0 saturated carbocycles. The number of benzene rings is 2. The van der Waals surface area contributed by atoms with E-state index in [4.69, 9.17) is 11.6 Å². The van der Waals surface area contributed by atoms with Crippen molar-refractivity contribution in [2.45, 2.75) is 26.1 Å². The van der Waals surface area contributed by atoms with E-state index < -0.39 is 6.10 Å². The molecule has 2 aromatic carbocycles. The minimum Gasteiger partial charge on any atom is -0.392 e. The van der Waals surface area contributed by atoms with Crippen molar-refractivity contribution in [2.24, 2.45) is 0 Å². The number of aromatic nitrogens is 3. The first-order chi connectivity index (χ1) is 12.5. The molecule has 1 aromatic heterocycles. The van der Waals surface area contributed by atoms with E-state index in [-0.39, 0.29) is 5.82 Å². The van der Waals surface area contributed by atoms with Crippen LogP contribution in [0.1, 0.15) is 18.2 Å². The van der Waals surface area contributed by atoms with Crippen molar-refractivity contribution in [1.29, 1.82) is 0 Å². The van der Waals surface area contributed by atoms with Crippen LogP contribution in [0.25, 0.3) is 11.3 Å². The van der Waals surface area contributed by atoms with Crippen LogP contribution < -0.4 is 5.32 Å². The van der Waals surface area contributed by atoms with Gasteiger partial charge in [-0.2, -0.15) is 15.0 Å². The fourth-order valence-corrected chi connectivity index (χ4v) is 2.82. The molecule has 1 heterocycles. The van der Waals surface area contributed by atoms with Gasteiger partial charge in [0.1, 0.15) is 17.2 Å².